The van der Waals surface area contributed by atoms with Crippen molar-refractivity contribution >= 4 is 27.3 Å². The molecule has 216 valence electrons. The van der Waals surface area contributed by atoms with E-state index in [1.165, 1.54) is 24.5 Å². The van der Waals surface area contributed by atoms with Crippen LogP contribution in [0.1, 0.15) is 18.4 Å². The summed E-state index contributed by atoms with van der Waals surface area (Å²) in [4.78, 5) is 23.5. The van der Waals surface area contributed by atoms with Crippen LogP contribution < -0.4 is 4.74 Å². The summed E-state index contributed by atoms with van der Waals surface area (Å²) in [6, 6.07) is 5.48. The van der Waals surface area contributed by atoms with Gasteiger partial charge in [-0.05, 0) is 37.4 Å². The van der Waals surface area contributed by atoms with Crippen LogP contribution in [0.5, 0.6) is 5.75 Å². The molecule has 10 nitrogen and oxygen atoms in total. The number of methoxy groups -OCH3 is 1. The monoisotopic (exact) mass is 592 g/mol. The number of thiophene rings is 1. The van der Waals surface area contributed by atoms with Crippen LogP contribution in [0, 0.1) is 18.6 Å². The number of carbonyl (C=O) groups is 1. The van der Waals surface area contributed by atoms with E-state index in [1.807, 2.05) is 29.1 Å². The Morgan fingerprint density at radius 2 is 2.05 bits per heavy atom. The van der Waals surface area contributed by atoms with Crippen LogP contribution in [-0.2, 0) is 22.6 Å². The van der Waals surface area contributed by atoms with E-state index in [2.05, 4.69) is 16.7 Å². The van der Waals surface area contributed by atoms with Gasteiger partial charge in [0.2, 0.25) is 5.91 Å². The van der Waals surface area contributed by atoms with Crippen molar-refractivity contribution in [3.63, 3.8) is 0 Å². The number of nitrogens with zero attached hydrogens (tertiary/aromatic N) is 6. The molecule has 0 bridgehead atoms. The van der Waals surface area contributed by atoms with Gasteiger partial charge in [-0.15, -0.1) is 11.3 Å². The number of benzene rings is 1. The Labute approximate surface area is 243 Å². The van der Waals surface area contributed by atoms with Crippen molar-refractivity contribution in [1.82, 2.24) is 29.8 Å². The van der Waals surface area contributed by atoms with Gasteiger partial charge in [-0.25, -0.2) is 13.8 Å². The average molecular weight is 593 g/mol. The predicted octanol–water partition coefficient (Wildman–Crippen LogP) is 5.41. The smallest absolute Gasteiger partial charge is 0.277 e. The zero-order chi connectivity index (χ0) is 29.5. The number of rotatable bonds is 8. The van der Waals surface area contributed by atoms with Gasteiger partial charge in [-0.3, -0.25) is 9.48 Å². The third-order valence-electron chi connectivity index (χ3n) is 7.02. The van der Waals surface area contributed by atoms with Crippen LogP contribution in [0.25, 0.3) is 44.2 Å². The molecular weight excluding hydrogens is 566 g/mol. The lowest BCUT2D eigenvalue weighted by molar-refractivity contribution is -0.129. The van der Waals surface area contributed by atoms with E-state index < -0.39 is 11.6 Å². The number of hydrogen-bond donors (Lipinski definition) is 0. The fourth-order valence-electron chi connectivity index (χ4n) is 5.09. The molecule has 0 aliphatic carbocycles. The molecule has 0 fully saturated rings. The van der Waals surface area contributed by atoms with Gasteiger partial charge in [0.05, 0.1) is 31.0 Å². The fraction of sp³-hybridized carbons (Fsp3) is 0.276. The first-order valence-corrected chi connectivity index (χ1v) is 14.0. The summed E-state index contributed by atoms with van der Waals surface area (Å²) in [5.74, 6) is -1.16. The molecule has 5 aromatic rings. The van der Waals surface area contributed by atoms with Crippen LogP contribution in [0.3, 0.4) is 0 Å². The fourth-order valence-corrected chi connectivity index (χ4v) is 6.04. The van der Waals surface area contributed by atoms with Crippen LogP contribution in [0.15, 0.2) is 46.8 Å². The van der Waals surface area contributed by atoms with Gasteiger partial charge < -0.3 is 18.9 Å². The van der Waals surface area contributed by atoms with Crippen molar-refractivity contribution in [1.29, 1.82) is 0 Å². The van der Waals surface area contributed by atoms with E-state index in [1.54, 1.807) is 11.8 Å². The van der Waals surface area contributed by atoms with Crippen LogP contribution in [0.4, 0.5) is 8.78 Å². The second-order valence-corrected chi connectivity index (χ2v) is 10.7. The molecule has 42 heavy (non-hydrogen) atoms. The molecule has 6 rings (SSSR count). The quantitative estimate of drug-likeness (QED) is 0.174. The van der Waals surface area contributed by atoms with E-state index >= 15 is 4.39 Å². The molecule has 0 spiro atoms. The molecule has 0 saturated carbocycles. The zero-order valence-electron chi connectivity index (χ0n) is 23.1. The Kier molecular flexibility index (Phi) is 7.29. The lowest BCUT2D eigenvalue weighted by atomic mass is 9.97. The minimum atomic E-state index is -0.818. The van der Waals surface area contributed by atoms with E-state index in [0.29, 0.717) is 51.6 Å². The normalized spacial score (nSPS) is 14.8. The number of amides is 1. The third kappa shape index (κ3) is 4.84. The van der Waals surface area contributed by atoms with E-state index in [0.717, 1.165) is 17.8 Å². The average Bonchev–Trinajstić information content (AvgIpc) is 3.71. The SMILES string of the molecule is C=CC(=O)N1Cc2cc(-c3nc(-c4nc(C)no4)c4ccsc4c3-c3c(F)cc(F)cc3OCCOC)nn2C[C@H]1C. The second-order valence-electron chi connectivity index (χ2n) is 9.82. The van der Waals surface area contributed by atoms with E-state index in [-0.39, 0.29) is 42.4 Å². The maximum Gasteiger partial charge on any atom is 0.277 e. The van der Waals surface area contributed by atoms with Crippen molar-refractivity contribution in [2.75, 3.05) is 20.3 Å². The van der Waals surface area contributed by atoms with Gasteiger partial charge in [0.15, 0.2) is 5.82 Å². The number of aromatic nitrogens is 5. The Morgan fingerprint density at radius 3 is 2.79 bits per heavy atom. The molecule has 0 unspecified atom stereocenters. The molecule has 0 N–H and O–H groups in total. The molecular formula is C29H26F2N6O4S. The molecule has 1 aromatic carbocycles. The minimum absolute atomic E-state index is 0.00374. The Morgan fingerprint density at radius 1 is 1.21 bits per heavy atom. The van der Waals surface area contributed by atoms with Gasteiger partial charge in [0, 0.05) is 40.9 Å². The van der Waals surface area contributed by atoms with E-state index in [9.17, 15) is 9.18 Å². The molecule has 4 aromatic heterocycles. The maximum atomic E-state index is 15.8. The summed E-state index contributed by atoms with van der Waals surface area (Å²) in [5, 5.41) is 11.2. The predicted molar refractivity (Wildman–Crippen MR) is 152 cm³/mol. The second kappa shape index (κ2) is 11.1. The first kappa shape index (κ1) is 27.7. The van der Waals surface area contributed by atoms with Gasteiger partial charge in [0.1, 0.15) is 41.1 Å². The summed E-state index contributed by atoms with van der Waals surface area (Å²) in [7, 11) is 1.51. The first-order valence-electron chi connectivity index (χ1n) is 13.1. The molecule has 1 amide bonds. The van der Waals surface area contributed by atoms with E-state index in [4.69, 9.17) is 24.1 Å². The highest BCUT2D eigenvalue weighted by Gasteiger charge is 2.31. The minimum Gasteiger partial charge on any atom is -0.490 e. The lowest BCUT2D eigenvalue weighted by Crippen LogP contribution is -2.44. The standard InChI is InChI=1S/C29H26F2N6O4S/c1-5-23(38)36-14-18-12-21(34-37(18)13-15(36)2)27-25(24-20(31)10-17(30)11-22(24)40-8-7-39-4)28-19(6-9-42-28)26(33-27)29-32-16(3)35-41-29/h5-6,9-12,15H,1,7-8,13-14H2,2-4H3/t15-/m1/s1. The molecule has 1 aliphatic rings. The van der Waals surface area contributed by atoms with Gasteiger partial charge in [0.25, 0.3) is 5.89 Å². The summed E-state index contributed by atoms with van der Waals surface area (Å²) in [6.07, 6.45) is 1.29. The number of pyridine rings is 1. The molecule has 13 heteroatoms. The number of ether oxygens (including phenoxy) is 2. The van der Waals surface area contributed by atoms with Crippen molar-refractivity contribution in [2.24, 2.45) is 0 Å². The molecule has 0 saturated heterocycles. The van der Waals surface area contributed by atoms with Crippen molar-refractivity contribution in [2.45, 2.75) is 33.0 Å². The summed E-state index contributed by atoms with van der Waals surface area (Å²) >= 11 is 1.36. The highest BCUT2D eigenvalue weighted by molar-refractivity contribution is 7.18. The van der Waals surface area contributed by atoms with Crippen molar-refractivity contribution < 1.29 is 27.6 Å². The van der Waals surface area contributed by atoms with Gasteiger partial charge in [-0.1, -0.05) is 11.7 Å². The van der Waals surface area contributed by atoms with Crippen molar-refractivity contribution in [3.05, 3.63) is 65.5 Å². The first-order chi connectivity index (χ1) is 20.3. The summed E-state index contributed by atoms with van der Waals surface area (Å²) in [6.45, 7) is 8.29. The molecule has 1 aliphatic heterocycles. The summed E-state index contributed by atoms with van der Waals surface area (Å²) < 4.78 is 49.1. The van der Waals surface area contributed by atoms with Gasteiger partial charge in [-0.2, -0.15) is 10.1 Å². The molecule has 5 heterocycles. The van der Waals surface area contributed by atoms with Crippen LogP contribution >= 0.6 is 11.3 Å². The van der Waals surface area contributed by atoms with Gasteiger partial charge >= 0.3 is 0 Å². The number of halogens is 2. The highest BCUT2D eigenvalue weighted by Crippen LogP contribution is 2.47. The Hall–Kier alpha value is -4.49. The number of hydrogen-bond acceptors (Lipinski definition) is 9. The van der Waals surface area contributed by atoms with Crippen LogP contribution in [0.2, 0.25) is 0 Å². The topological polar surface area (TPSA) is 108 Å². The number of aryl methyl sites for hydroxylation is 1. The third-order valence-corrected chi connectivity index (χ3v) is 7.95. The Bertz CT molecular complexity index is 1830. The largest absolute Gasteiger partial charge is 0.490 e. The Balaban J connectivity index is 1.61. The van der Waals surface area contributed by atoms with Crippen LogP contribution in [-0.4, -0.2) is 62.1 Å². The number of carbonyl (C=O) groups excluding carboxylic acids is 1. The maximum absolute atomic E-state index is 15.8. The number of fused-ring (bicyclic) bond motifs is 2. The molecule has 0 radical (unpaired) electrons. The van der Waals surface area contributed by atoms with Crippen molar-refractivity contribution in [3.8, 4) is 39.8 Å². The zero-order valence-corrected chi connectivity index (χ0v) is 23.9. The highest BCUT2D eigenvalue weighted by atomic mass is 32.1. The lowest BCUT2D eigenvalue weighted by Gasteiger charge is -2.33. The summed E-state index contributed by atoms with van der Waals surface area (Å²) in [5.41, 5.74) is 2.33. The molecule has 1 atom stereocenters.